The van der Waals surface area contributed by atoms with E-state index in [4.69, 9.17) is 4.74 Å². The standard InChI is InChI=1S/C17H32O/c1-5-6-7-8-15(9-10-17-14(4)18-17)13(3)16-11-12(16)2/h12-17H,5-11H2,1-4H3. The Bertz CT molecular complexity index is 250. The molecule has 0 bridgehead atoms. The lowest BCUT2D eigenvalue weighted by Gasteiger charge is -2.24. The van der Waals surface area contributed by atoms with Crippen LogP contribution in [0.2, 0.25) is 0 Å². The molecule has 2 aliphatic rings. The molecule has 0 aromatic carbocycles. The molecule has 0 spiro atoms. The molecule has 1 aliphatic carbocycles. The monoisotopic (exact) mass is 252 g/mol. The minimum absolute atomic E-state index is 0.552. The number of rotatable bonds is 9. The van der Waals surface area contributed by atoms with Crippen molar-refractivity contribution in [1.29, 1.82) is 0 Å². The Morgan fingerprint density at radius 1 is 1.17 bits per heavy atom. The number of hydrogen-bond donors (Lipinski definition) is 0. The third-order valence-corrected chi connectivity index (χ3v) is 5.43. The van der Waals surface area contributed by atoms with Gasteiger partial charge in [-0.05, 0) is 49.9 Å². The average molecular weight is 252 g/mol. The van der Waals surface area contributed by atoms with Gasteiger partial charge in [-0.15, -0.1) is 0 Å². The van der Waals surface area contributed by atoms with Gasteiger partial charge in [-0.3, -0.25) is 0 Å². The fourth-order valence-electron chi connectivity index (χ4n) is 3.67. The van der Waals surface area contributed by atoms with Crippen molar-refractivity contribution in [3.63, 3.8) is 0 Å². The fourth-order valence-corrected chi connectivity index (χ4v) is 3.67. The Hall–Kier alpha value is -0.0400. The third kappa shape index (κ3) is 3.98. The Kier molecular flexibility index (Phi) is 5.12. The highest BCUT2D eigenvalue weighted by atomic mass is 16.6. The minimum Gasteiger partial charge on any atom is -0.370 e. The second-order valence-corrected chi connectivity index (χ2v) is 6.95. The lowest BCUT2D eigenvalue weighted by atomic mass is 9.81. The zero-order valence-electron chi connectivity index (χ0n) is 12.8. The SMILES string of the molecule is CCCCCC(CCC1OC1C)C(C)C1CC1C. The van der Waals surface area contributed by atoms with Gasteiger partial charge in [0.05, 0.1) is 12.2 Å². The molecule has 2 rings (SSSR count). The number of epoxide rings is 1. The molecule has 2 fully saturated rings. The summed E-state index contributed by atoms with van der Waals surface area (Å²) in [5.41, 5.74) is 0. The lowest BCUT2D eigenvalue weighted by molar-refractivity contribution is 0.252. The van der Waals surface area contributed by atoms with E-state index < -0.39 is 0 Å². The van der Waals surface area contributed by atoms with E-state index in [1.807, 2.05) is 0 Å². The summed E-state index contributed by atoms with van der Waals surface area (Å²) in [6.07, 6.45) is 11.0. The van der Waals surface area contributed by atoms with Gasteiger partial charge in [0.25, 0.3) is 0 Å². The molecule has 1 saturated heterocycles. The van der Waals surface area contributed by atoms with Crippen LogP contribution in [0.25, 0.3) is 0 Å². The van der Waals surface area contributed by atoms with Crippen molar-refractivity contribution in [3.8, 4) is 0 Å². The van der Waals surface area contributed by atoms with Crippen LogP contribution in [0.15, 0.2) is 0 Å². The molecule has 0 amide bonds. The van der Waals surface area contributed by atoms with E-state index in [1.165, 1.54) is 44.9 Å². The molecule has 1 heterocycles. The Morgan fingerprint density at radius 3 is 2.33 bits per heavy atom. The first-order valence-corrected chi connectivity index (χ1v) is 8.29. The molecule has 6 atom stereocenters. The minimum atomic E-state index is 0.552. The van der Waals surface area contributed by atoms with Crippen molar-refractivity contribution >= 4 is 0 Å². The van der Waals surface area contributed by atoms with Gasteiger partial charge in [0.1, 0.15) is 0 Å². The maximum absolute atomic E-state index is 5.57. The molecule has 1 saturated carbocycles. The smallest absolute Gasteiger partial charge is 0.0839 e. The highest BCUT2D eigenvalue weighted by Crippen LogP contribution is 2.48. The van der Waals surface area contributed by atoms with Crippen LogP contribution in [-0.2, 0) is 4.74 Å². The molecule has 0 aromatic rings. The number of ether oxygens (including phenoxy) is 1. The van der Waals surface area contributed by atoms with Gasteiger partial charge in [-0.25, -0.2) is 0 Å². The highest BCUT2D eigenvalue weighted by Gasteiger charge is 2.41. The molecule has 18 heavy (non-hydrogen) atoms. The maximum atomic E-state index is 5.57. The van der Waals surface area contributed by atoms with Gasteiger partial charge in [0.2, 0.25) is 0 Å². The first-order chi connectivity index (χ1) is 8.63. The van der Waals surface area contributed by atoms with Crippen LogP contribution < -0.4 is 0 Å². The summed E-state index contributed by atoms with van der Waals surface area (Å²) in [5, 5.41) is 0. The van der Waals surface area contributed by atoms with E-state index in [-0.39, 0.29) is 0 Å². The van der Waals surface area contributed by atoms with Crippen LogP contribution in [0.3, 0.4) is 0 Å². The van der Waals surface area contributed by atoms with E-state index in [0.29, 0.717) is 12.2 Å². The summed E-state index contributed by atoms with van der Waals surface area (Å²) in [5.74, 6) is 3.95. The summed E-state index contributed by atoms with van der Waals surface area (Å²) in [4.78, 5) is 0. The molecule has 1 aliphatic heterocycles. The first-order valence-electron chi connectivity index (χ1n) is 8.29. The van der Waals surface area contributed by atoms with E-state index in [1.54, 1.807) is 0 Å². The van der Waals surface area contributed by atoms with Gasteiger partial charge >= 0.3 is 0 Å². The van der Waals surface area contributed by atoms with Gasteiger partial charge in [-0.2, -0.15) is 0 Å². The van der Waals surface area contributed by atoms with Crippen molar-refractivity contribution in [1.82, 2.24) is 0 Å². The summed E-state index contributed by atoms with van der Waals surface area (Å²) in [7, 11) is 0. The van der Waals surface area contributed by atoms with Gasteiger partial charge in [0, 0.05) is 0 Å². The number of hydrogen-bond acceptors (Lipinski definition) is 1. The molecule has 0 aromatic heterocycles. The van der Waals surface area contributed by atoms with Crippen molar-refractivity contribution in [2.45, 2.75) is 84.8 Å². The van der Waals surface area contributed by atoms with E-state index >= 15 is 0 Å². The summed E-state index contributed by atoms with van der Waals surface area (Å²) >= 11 is 0. The van der Waals surface area contributed by atoms with E-state index in [0.717, 1.165) is 23.7 Å². The highest BCUT2D eigenvalue weighted by molar-refractivity contribution is 4.90. The van der Waals surface area contributed by atoms with Crippen LogP contribution in [0.5, 0.6) is 0 Å². The van der Waals surface area contributed by atoms with E-state index in [9.17, 15) is 0 Å². The second-order valence-electron chi connectivity index (χ2n) is 6.95. The third-order valence-electron chi connectivity index (χ3n) is 5.43. The quantitative estimate of drug-likeness (QED) is 0.413. The zero-order chi connectivity index (χ0) is 13.1. The van der Waals surface area contributed by atoms with Crippen LogP contribution in [0, 0.1) is 23.7 Å². The molecule has 1 nitrogen and oxygen atoms in total. The van der Waals surface area contributed by atoms with Gasteiger partial charge in [-0.1, -0.05) is 46.5 Å². The lowest BCUT2D eigenvalue weighted by Crippen LogP contribution is -2.15. The summed E-state index contributed by atoms with van der Waals surface area (Å²) in [6, 6.07) is 0. The fraction of sp³-hybridized carbons (Fsp3) is 1.00. The average Bonchev–Trinajstić information content (AvgIpc) is 3.23. The molecule has 106 valence electrons. The van der Waals surface area contributed by atoms with Crippen molar-refractivity contribution in [2.75, 3.05) is 0 Å². The molecular formula is C17H32O. The first kappa shape index (κ1) is 14.4. The van der Waals surface area contributed by atoms with Crippen LogP contribution in [0.4, 0.5) is 0 Å². The van der Waals surface area contributed by atoms with Crippen LogP contribution >= 0.6 is 0 Å². The predicted octanol–water partition coefficient (Wildman–Crippen LogP) is 5.04. The second kappa shape index (κ2) is 6.41. The molecule has 0 radical (unpaired) electrons. The van der Waals surface area contributed by atoms with Crippen LogP contribution in [-0.4, -0.2) is 12.2 Å². The Balaban J connectivity index is 1.73. The topological polar surface area (TPSA) is 12.5 Å². The molecule has 6 unspecified atom stereocenters. The Morgan fingerprint density at radius 2 is 1.83 bits per heavy atom. The molecular weight excluding hydrogens is 220 g/mol. The van der Waals surface area contributed by atoms with E-state index in [2.05, 4.69) is 27.7 Å². The molecule has 0 N–H and O–H groups in total. The maximum Gasteiger partial charge on any atom is 0.0839 e. The zero-order valence-corrected chi connectivity index (χ0v) is 12.8. The van der Waals surface area contributed by atoms with Crippen molar-refractivity contribution in [2.24, 2.45) is 23.7 Å². The molecule has 1 heteroatoms. The van der Waals surface area contributed by atoms with Crippen LogP contribution in [0.1, 0.15) is 72.6 Å². The summed E-state index contributed by atoms with van der Waals surface area (Å²) in [6.45, 7) is 9.46. The Labute approximate surface area is 114 Å². The van der Waals surface area contributed by atoms with Gasteiger partial charge in [0.15, 0.2) is 0 Å². The normalized spacial score (nSPS) is 37.3. The van der Waals surface area contributed by atoms with Gasteiger partial charge < -0.3 is 4.74 Å². The predicted molar refractivity (Wildman–Crippen MR) is 77.6 cm³/mol. The van der Waals surface area contributed by atoms with Crippen molar-refractivity contribution in [3.05, 3.63) is 0 Å². The summed E-state index contributed by atoms with van der Waals surface area (Å²) < 4.78 is 5.57. The largest absolute Gasteiger partial charge is 0.370 e. The number of unbranched alkanes of at least 4 members (excludes halogenated alkanes) is 2. The van der Waals surface area contributed by atoms with Crippen molar-refractivity contribution < 1.29 is 4.74 Å².